The molecule has 2 saturated heterocycles. The summed E-state index contributed by atoms with van der Waals surface area (Å²) >= 11 is 11.1. The average molecular weight is 1560 g/mol. The number of hydrogen-bond donors (Lipinski definition) is 9. The summed E-state index contributed by atoms with van der Waals surface area (Å²) in [4.78, 5) is 100. The molecule has 11 N–H and O–H groups in total. The van der Waals surface area contributed by atoms with Gasteiger partial charge in [0.15, 0.2) is 0 Å². The summed E-state index contributed by atoms with van der Waals surface area (Å²) in [6, 6.07) is 7.06. The first-order valence-corrected chi connectivity index (χ1v) is 36.2. The lowest BCUT2D eigenvalue weighted by atomic mass is 9.79. The molecule has 31 heteroatoms. The summed E-state index contributed by atoms with van der Waals surface area (Å²) in [7, 11) is 1.00. The van der Waals surface area contributed by atoms with E-state index in [-0.39, 0.29) is 101 Å². The summed E-state index contributed by atoms with van der Waals surface area (Å²) < 4.78 is 15.9. The zero-order valence-electron chi connectivity index (χ0n) is 68.1. The van der Waals surface area contributed by atoms with Crippen molar-refractivity contribution in [3.63, 3.8) is 0 Å². The standard InChI is InChI=1S/C17H21ClN4O.C15H25N3O2.C15H25NO4.C10H17N3.C10H17NO3.C5H9ClO.C2H6O.CH4O.ClH.H2N2.H2O.H2/c1-17(2,3)15-13-10-22(8-7-14(13)20-21-15)16(23)19-12-6-4-5-11(18)9-12;1-14(2,3)12-10-9-18(8-7-11(10)16-17-12)13(19)20-15(4,5)6;1-14(2,3)12(18)10-9-16(8-7-11(10)17)13(19)20-15(4,5)6;1-10(2,3)9-7-6-11-5-4-8(7)12-13-9;1-10(2,3)14-9(13)11-6-4-8(12)5-7-11;1-5(2,3)4(6)7;1-2-3;1-2;;1-2;;/h4-6,9H,7-8,10H2,1-3H3,(H,19,23)(H,20,21);7-9H2,1-6H3,(H,16,17);10H,7-9H2,1-6H3;11H,4-6H2,1-3H3,(H,12,13);4-7H2,1-3H3;1-3H3;3H,2H2,1H3;2H,1H3;1H;1-2H;1H2;1H. The van der Waals surface area contributed by atoms with Gasteiger partial charge in [-0.1, -0.05) is 122 Å². The van der Waals surface area contributed by atoms with E-state index >= 15 is 0 Å². The van der Waals surface area contributed by atoms with Gasteiger partial charge in [0.2, 0.25) is 5.24 Å². The molecule has 0 aliphatic carbocycles. The smallest absolute Gasteiger partial charge is 0.410 e. The molecule has 0 bridgehead atoms. The lowest BCUT2D eigenvalue weighted by Gasteiger charge is -2.34. The molecule has 0 saturated carbocycles. The lowest BCUT2D eigenvalue weighted by molar-refractivity contribution is -0.140. The summed E-state index contributed by atoms with van der Waals surface area (Å²) in [6.45, 7) is 54.6. The fourth-order valence-corrected chi connectivity index (χ4v) is 10.6. The van der Waals surface area contributed by atoms with E-state index in [0.29, 0.717) is 69.4 Å². The summed E-state index contributed by atoms with van der Waals surface area (Å²) in [6.07, 6.45) is 2.78. The Morgan fingerprint density at radius 3 is 1.31 bits per heavy atom. The number of rotatable bonds is 2. The van der Waals surface area contributed by atoms with Crippen LogP contribution in [0.15, 0.2) is 24.3 Å². The average Bonchev–Trinajstić information content (AvgIpc) is 1.68. The number of aromatic nitrogens is 6. The highest BCUT2D eigenvalue weighted by Gasteiger charge is 2.41. The number of hydrogen-bond acceptors (Lipinski definition) is 19. The van der Waals surface area contributed by atoms with Crippen LogP contribution in [0, 0.1) is 27.8 Å². The number of likely N-dealkylation sites (tertiary alicyclic amines) is 2. The highest BCUT2D eigenvalue weighted by Crippen LogP contribution is 2.33. The quantitative estimate of drug-likeness (QED) is 0.0389. The van der Waals surface area contributed by atoms with Gasteiger partial charge < -0.3 is 60.1 Å². The van der Waals surface area contributed by atoms with Gasteiger partial charge in [0.05, 0.1) is 36.1 Å². The van der Waals surface area contributed by atoms with Crippen molar-refractivity contribution < 1.29 is 69.7 Å². The largest absolute Gasteiger partial charge is 0.444 e. The number of halogens is 3. The molecule has 606 valence electrons. The van der Waals surface area contributed by atoms with E-state index in [0.717, 1.165) is 73.4 Å². The fourth-order valence-electron chi connectivity index (χ4n) is 10.4. The minimum absolute atomic E-state index is 0. The Balaban J connectivity index is -0.00000121. The van der Waals surface area contributed by atoms with Crippen molar-refractivity contribution in [1.29, 1.82) is 11.1 Å². The van der Waals surface area contributed by atoms with Gasteiger partial charge >= 0.3 is 24.3 Å². The van der Waals surface area contributed by atoms with Crippen molar-refractivity contribution in [1.82, 2.24) is 55.5 Å². The molecule has 1 atom stereocenters. The van der Waals surface area contributed by atoms with Gasteiger partial charge in [0, 0.05) is 178 Å². The Morgan fingerprint density at radius 1 is 0.566 bits per heavy atom. The molecular formula is C75H131Cl3N14O14. The number of nitrogens with one attached hydrogen (secondary N) is 7. The number of benzene rings is 1. The molecule has 1 aromatic carbocycles. The first-order chi connectivity index (χ1) is 47.7. The number of aliphatic hydroxyl groups excluding tert-OH is 2. The number of urea groups is 1. The number of ketones is 3. The predicted molar refractivity (Wildman–Crippen MR) is 419 cm³/mol. The number of aromatic amines is 3. The van der Waals surface area contributed by atoms with Crippen molar-refractivity contribution >= 4 is 88.2 Å². The van der Waals surface area contributed by atoms with Crippen LogP contribution in [0.3, 0.4) is 0 Å². The molecule has 3 aromatic heterocycles. The third kappa shape index (κ3) is 35.3. The highest BCUT2D eigenvalue weighted by molar-refractivity contribution is 6.64. The third-order valence-corrected chi connectivity index (χ3v) is 16.3. The maximum absolute atomic E-state index is 12.5. The van der Waals surface area contributed by atoms with Crippen molar-refractivity contribution in [2.75, 3.05) is 64.8 Å². The summed E-state index contributed by atoms with van der Waals surface area (Å²) in [5.74, 6) is -0.693. The van der Waals surface area contributed by atoms with Crippen LogP contribution in [0.4, 0.5) is 24.9 Å². The van der Waals surface area contributed by atoms with Crippen LogP contribution in [0.25, 0.3) is 0 Å². The second-order valence-corrected chi connectivity index (χ2v) is 34.5. The van der Waals surface area contributed by atoms with Crippen molar-refractivity contribution in [3.05, 3.63) is 80.1 Å². The van der Waals surface area contributed by atoms with Gasteiger partial charge in [-0.3, -0.25) is 34.5 Å². The first kappa shape index (κ1) is 101. The van der Waals surface area contributed by atoms with E-state index < -0.39 is 34.2 Å². The maximum Gasteiger partial charge on any atom is 0.410 e. The number of nitrogens with zero attached hydrogens (tertiary/aromatic N) is 7. The molecule has 28 nitrogen and oxygen atoms in total. The molecule has 106 heavy (non-hydrogen) atoms. The van der Waals surface area contributed by atoms with Crippen LogP contribution >= 0.6 is 35.6 Å². The number of carbonyl (C=O) groups excluding carboxylic acids is 8. The molecule has 2 fully saturated rings. The van der Waals surface area contributed by atoms with E-state index in [9.17, 15) is 38.4 Å². The van der Waals surface area contributed by atoms with E-state index in [1.54, 1.807) is 91.2 Å². The number of ether oxygens (including phenoxy) is 3. The molecule has 8 heterocycles. The number of carbonyl (C=O) groups is 8. The molecule has 5 aliphatic heterocycles. The zero-order chi connectivity index (χ0) is 80.5. The van der Waals surface area contributed by atoms with Gasteiger partial charge in [0.1, 0.15) is 34.2 Å². The van der Waals surface area contributed by atoms with Crippen molar-refractivity contribution in [2.24, 2.45) is 16.7 Å². The molecule has 5 amide bonds. The SMILES string of the molecule is CC(C)(C)C(=O)Cl.CC(C)(C)OC(=O)N1CCC(=O)C(C(=O)C(C)(C)C)C1.CC(C)(C)OC(=O)N1CCC(=O)CC1.CC(C)(C)OC(=O)N1CCc2[nH]nc(C(C)(C)C)c2C1.CC(C)(C)c1n[nH]c2c1CN(C(=O)Nc1cccc(Cl)c1)CC2.CC(C)(C)c1n[nH]c2c1CNCC2.CCO.CO.Cl.N=N.O.[HH]. The van der Waals surface area contributed by atoms with E-state index in [1.807, 2.05) is 58.6 Å². The van der Waals surface area contributed by atoms with Gasteiger partial charge in [-0.05, 0) is 99.0 Å². The molecule has 5 aliphatic rings. The van der Waals surface area contributed by atoms with Crippen LogP contribution in [-0.2, 0) is 88.5 Å². The van der Waals surface area contributed by atoms with Crippen LogP contribution in [-0.4, -0.2) is 189 Å². The molecule has 9 rings (SSSR count). The number of anilines is 1. The summed E-state index contributed by atoms with van der Waals surface area (Å²) in [5, 5.41) is 43.8. The molecule has 1 unspecified atom stereocenters. The number of Topliss-reactive ketones (excluding diaryl/α,β-unsaturated/α-hetero) is 3. The predicted octanol–water partition coefficient (Wildman–Crippen LogP) is 14.2. The molecular weight excluding hydrogens is 1430 g/mol. The first-order valence-electron chi connectivity index (χ1n) is 35.4. The van der Waals surface area contributed by atoms with Crippen LogP contribution in [0.5, 0.6) is 0 Å². The van der Waals surface area contributed by atoms with Crippen molar-refractivity contribution in [3.8, 4) is 0 Å². The van der Waals surface area contributed by atoms with E-state index in [1.165, 1.54) is 21.9 Å². The minimum atomic E-state index is -0.726. The number of aliphatic hydroxyl groups is 2. The normalized spacial score (nSPS) is 15.6. The van der Waals surface area contributed by atoms with E-state index in [2.05, 4.69) is 104 Å². The van der Waals surface area contributed by atoms with Gasteiger partial charge in [-0.15, -0.1) is 12.4 Å². The van der Waals surface area contributed by atoms with Gasteiger partial charge in [0.25, 0.3) is 0 Å². The number of amides is 5. The number of piperidine rings is 2. The topological polar surface area (TPSA) is 407 Å². The van der Waals surface area contributed by atoms with E-state index in [4.69, 9.17) is 58.7 Å². The van der Waals surface area contributed by atoms with Crippen molar-refractivity contribution in [2.45, 2.75) is 264 Å². The summed E-state index contributed by atoms with van der Waals surface area (Å²) in [5.41, 5.74) is 18.9. The monoisotopic (exact) mass is 1560 g/mol. The molecule has 4 aromatic rings. The minimum Gasteiger partial charge on any atom is -0.444 e. The van der Waals surface area contributed by atoms with Crippen LogP contribution in [0.2, 0.25) is 5.02 Å². The van der Waals surface area contributed by atoms with Gasteiger partial charge in [-0.25, -0.2) is 30.2 Å². The van der Waals surface area contributed by atoms with Gasteiger partial charge in [-0.2, -0.15) is 15.3 Å². The Morgan fingerprint density at radius 2 is 0.925 bits per heavy atom. The second kappa shape index (κ2) is 43.8. The molecule has 0 spiro atoms. The Kier molecular flexibility index (Phi) is 41.7. The number of fused-ring (bicyclic) bond motifs is 3. The second-order valence-electron chi connectivity index (χ2n) is 33.7. The molecule has 0 radical (unpaired) electrons. The Bertz CT molecular complexity index is 3420. The Hall–Kier alpha value is -7.08. The highest BCUT2D eigenvalue weighted by atomic mass is 35.5. The third-order valence-electron chi connectivity index (χ3n) is 15.5. The van der Waals surface area contributed by atoms with Crippen LogP contribution < -0.4 is 10.6 Å². The maximum atomic E-state index is 12.5. The van der Waals surface area contributed by atoms with Crippen LogP contribution in [0.1, 0.15) is 245 Å². The lowest BCUT2D eigenvalue weighted by Crippen LogP contribution is -2.50. The zero-order valence-corrected chi connectivity index (χ0v) is 70.4. The Labute approximate surface area is 647 Å². The fraction of sp³-hybridized carbons (Fsp3) is 0.693. The number of H-pyrrole nitrogens is 3.